The summed E-state index contributed by atoms with van der Waals surface area (Å²) in [6, 6.07) is 5.61. The molecule has 23 heavy (non-hydrogen) atoms. The molecule has 0 aromatic heterocycles. The van der Waals surface area contributed by atoms with Gasteiger partial charge in [0.15, 0.2) is 0 Å². The zero-order chi connectivity index (χ0) is 17.0. The molecule has 0 bridgehead atoms. The minimum Gasteiger partial charge on any atom is -0.339 e. The van der Waals surface area contributed by atoms with Gasteiger partial charge < -0.3 is 9.80 Å². The van der Waals surface area contributed by atoms with E-state index >= 15 is 0 Å². The van der Waals surface area contributed by atoms with E-state index < -0.39 is 16.1 Å². The molecule has 7 nitrogen and oxygen atoms in total. The predicted octanol–water partition coefficient (Wildman–Crippen LogP) is 0.948. The number of carbonyl (C=O) groups excluding carboxylic acids is 2. The number of hydrogen-bond acceptors (Lipinski definition) is 4. The maximum atomic E-state index is 12.2. The number of benzene rings is 1. The largest absolute Gasteiger partial charge is 0.339 e. The first-order chi connectivity index (χ1) is 10.8. The number of urea groups is 1. The van der Waals surface area contributed by atoms with E-state index in [9.17, 15) is 18.0 Å². The Labute approximate surface area is 136 Å². The van der Waals surface area contributed by atoms with Gasteiger partial charge in [0.2, 0.25) is 5.91 Å². The van der Waals surface area contributed by atoms with Crippen LogP contribution in [0.3, 0.4) is 0 Å². The standard InChI is InChI=1S/C15H21N3O4S/c1-3-14(19)17-8-10-18(11-9-17)15(20)16-23(21,22)13-6-4-12(2)5-7-13/h4-7H,3,8-11H2,1-2H3,(H,16,20). The Morgan fingerprint density at radius 1 is 1.04 bits per heavy atom. The van der Waals surface area contributed by atoms with Gasteiger partial charge in [-0.05, 0) is 19.1 Å². The third kappa shape index (κ3) is 4.22. The van der Waals surface area contributed by atoms with Gasteiger partial charge in [-0.15, -0.1) is 0 Å². The van der Waals surface area contributed by atoms with Gasteiger partial charge in [-0.3, -0.25) is 4.79 Å². The Morgan fingerprint density at radius 3 is 2.09 bits per heavy atom. The summed E-state index contributed by atoms with van der Waals surface area (Å²) in [6.45, 7) is 5.12. The fourth-order valence-electron chi connectivity index (χ4n) is 2.34. The second-order valence-electron chi connectivity index (χ2n) is 5.45. The molecule has 0 spiro atoms. The summed E-state index contributed by atoms with van der Waals surface area (Å²) in [5, 5.41) is 0. The Morgan fingerprint density at radius 2 is 1.57 bits per heavy atom. The van der Waals surface area contributed by atoms with Crippen molar-refractivity contribution in [2.45, 2.75) is 25.2 Å². The molecule has 1 aromatic rings. The molecular weight excluding hydrogens is 318 g/mol. The summed E-state index contributed by atoms with van der Waals surface area (Å²) in [7, 11) is -3.88. The number of aryl methyl sites for hydroxylation is 1. The van der Waals surface area contributed by atoms with Gasteiger partial charge >= 0.3 is 6.03 Å². The summed E-state index contributed by atoms with van der Waals surface area (Å²) in [4.78, 5) is 26.9. The highest BCUT2D eigenvalue weighted by Crippen LogP contribution is 2.11. The molecule has 0 aliphatic carbocycles. The van der Waals surface area contributed by atoms with Crippen LogP contribution in [0.4, 0.5) is 4.79 Å². The number of piperazine rings is 1. The summed E-state index contributed by atoms with van der Waals surface area (Å²) in [6.07, 6.45) is 0.425. The van der Waals surface area contributed by atoms with Crippen LogP contribution in [0.2, 0.25) is 0 Å². The minimum absolute atomic E-state index is 0.0392. The molecule has 1 fully saturated rings. The topological polar surface area (TPSA) is 86.8 Å². The van der Waals surface area contributed by atoms with E-state index in [1.807, 2.05) is 6.92 Å². The lowest BCUT2D eigenvalue weighted by Gasteiger charge is -2.34. The van der Waals surface area contributed by atoms with Crippen molar-refractivity contribution in [3.05, 3.63) is 29.8 Å². The molecule has 1 aliphatic heterocycles. The molecule has 1 N–H and O–H groups in total. The lowest BCUT2D eigenvalue weighted by atomic mass is 10.2. The summed E-state index contributed by atoms with van der Waals surface area (Å²) >= 11 is 0. The van der Waals surface area contributed by atoms with Crippen molar-refractivity contribution in [2.24, 2.45) is 0 Å². The average Bonchev–Trinajstić information content (AvgIpc) is 2.54. The summed E-state index contributed by atoms with van der Waals surface area (Å²) in [5.41, 5.74) is 0.937. The SMILES string of the molecule is CCC(=O)N1CCN(C(=O)NS(=O)(=O)c2ccc(C)cc2)CC1. The molecule has 3 amide bonds. The van der Waals surface area contributed by atoms with Gasteiger partial charge in [0.1, 0.15) is 0 Å². The van der Waals surface area contributed by atoms with E-state index in [0.29, 0.717) is 32.6 Å². The number of rotatable bonds is 3. The molecule has 0 atom stereocenters. The highest BCUT2D eigenvalue weighted by molar-refractivity contribution is 7.90. The Hall–Kier alpha value is -2.09. The van der Waals surface area contributed by atoms with Gasteiger partial charge in [0.05, 0.1) is 4.90 Å². The lowest BCUT2D eigenvalue weighted by Crippen LogP contribution is -2.53. The Kier molecular flexibility index (Phi) is 5.25. The van der Waals surface area contributed by atoms with Crippen LogP contribution >= 0.6 is 0 Å². The normalized spacial score (nSPS) is 15.4. The number of sulfonamides is 1. The van der Waals surface area contributed by atoms with Crippen LogP contribution in [0.15, 0.2) is 29.2 Å². The highest BCUT2D eigenvalue weighted by atomic mass is 32.2. The van der Waals surface area contributed by atoms with E-state index in [1.54, 1.807) is 24.0 Å². The van der Waals surface area contributed by atoms with Crippen molar-refractivity contribution in [1.29, 1.82) is 0 Å². The van der Waals surface area contributed by atoms with Crippen LogP contribution in [0.5, 0.6) is 0 Å². The van der Waals surface area contributed by atoms with Crippen molar-refractivity contribution in [3.63, 3.8) is 0 Å². The highest BCUT2D eigenvalue weighted by Gasteiger charge is 2.26. The number of amides is 3. The van der Waals surface area contributed by atoms with E-state index in [1.165, 1.54) is 17.0 Å². The number of carbonyl (C=O) groups is 2. The molecule has 126 valence electrons. The third-order valence-corrected chi connectivity index (χ3v) is 5.11. The van der Waals surface area contributed by atoms with Gasteiger partial charge in [0, 0.05) is 32.6 Å². The molecule has 1 heterocycles. The fourth-order valence-corrected chi connectivity index (χ4v) is 3.31. The van der Waals surface area contributed by atoms with Crippen LogP contribution in [0.1, 0.15) is 18.9 Å². The van der Waals surface area contributed by atoms with E-state index in [0.717, 1.165) is 5.56 Å². The van der Waals surface area contributed by atoms with Crippen LogP contribution in [0, 0.1) is 6.92 Å². The molecular formula is C15H21N3O4S. The number of nitrogens with zero attached hydrogens (tertiary/aromatic N) is 2. The van der Waals surface area contributed by atoms with Gasteiger partial charge in [-0.2, -0.15) is 0 Å². The van der Waals surface area contributed by atoms with Crippen molar-refractivity contribution >= 4 is 22.0 Å². The average molecular weight is 339 g/mol. The van der Waals surface area contributed by atoms with Crippen molar-refractivity contribution in [3.8, 4) is 0 Å². The number of hydrogen-bond donors (Lipinski definition) is 1. The van der Waals surface area contributed by atoms with Crippen LogP contribution in [0.25, 0.3) is 0 Å². The Balaban J connectivity index is 1.97. The molecule has 0 unspecified atom stereocenters. The maximum Gasteiger partial charge on any atom is 0.331 e. The molecule has 0 radical (unpaired) electrons. The third-order valence-electron chi connectivity index (χ3n) is 3.77. The van der Waals surface area contributed by atoms with Crippen molar-refractivity contribution < 1.29 is 18.0 Å². The fraction of sp³-hybridized carbons (Fsp3) is 0.467. The first kappa shape index (κ1) is 17.3. The van der Waals surface area contributed by atoms with Gasteiger partial charge in [-0.1, -0.05) is 24.6 Å². The first-order valence-electron chi connectivity index (χ1n) is 7.49. The molecule has 1 aromatic carbocycles. The molecule has 8 heteroatoms. The Bertz CT molecular complexity index is 677. The van der Waals surface area contributed by atoms with Crippen LogP contribution in [-0.2, 0) is 14.8 Å². The zero-order valence-electron chi connectivity index (χ0n) is 13.3. The first-order valence-corrected chi connectivity index (χ1v) is 8.98. The van der Waals surface area contributed by atoms with E-state index in [4.69, 9.17) is 0 Å². The summed E-state index contributed by atoms with van der Waals surface area (Å²) in [5.74, 6) is 0.0392. The number of nitrogens with one attached hydrogen (secondary N) is 1. The monoisotopic (exact) mass is 339 g/mol. The van der Waals surface area contributed by atoms with Gasteiger partial charge in [-0.25, -0.2) is 17.9 Å². The van der Waals surface area contributed by atoms with E-state index in [2.05, 4.69) is 4.72 Å². The lowest BCUT2D eigenvalue weighted by molar-refractivity contribution is -0.132. The smallest absolute Gasteiger partial charge is 0.331 e. The molecule has 1 saturated heterocycles. The zero-order valence-corrected chi connectivity index (χ0v) is 14.1. The quantitative estimate of drug-likeness (QED) is 0.888. The molecule has 2 rings (SSSR count). The minimum atomic E-state index is -3.88. The van der Waals surface area contributed by atoms with Crippen molar-refractivity contribution in [2.75, 3.05) is 26.2 Å². The molecule has 0 saturated carbocycles. The predicted molar refractivity (Wildman–Crippen MR) is 85.3 cm³/mol. The van der Waals surface area contributed by atoms with Gasteiger partial charge in [0.25, 0.3) is 10.0 Å². The summed E-state index contributed by atoms with van der Waals surface area (Å²) < 4.78 is 26.5. The maximum absolute atomic E-state index is 12.2. The second-order valence-corrected chi connectivity index (χ2v) is 7.13. The van der Waals surface area contributed by atoms with Crippen LogP contribution < -0.4 is 4.72 Å². The molecule has 1 aliphatic rings. The second kappa shape index (κ2) is 6.99. The van der Waals surface area contributed by atoms with Crippen LogP contribution in [-0.4, -0.2) is 56.3 Å². The van der Waals surface area contributed by atoms with E-state index in [-0.39, 0.29) is 10.8 Å². The van der Waals surface area contributed by atoms with Crippen molar-refractivity contribution in [1.82, 2.24) is 14.5 Å².